The van der Waals surface area contributed by atoms with Gasteiger partial charge in [-0.2, -0.15) is 5.26 Å². The predicted molar refractivity (Wildman–Crippen MR) is 53.4 cm³/mol. The highest BCUT2D eigenvalue weighted by Crippen LogP contribution is 2.07. The van der Waals surface area contributed by atoms with Crippen molar-refractivity contribution in [2.24, 2.45) is 0 Å². The number of nitrogens with zero attached hydrogens (tertiary/aromatic N) is 2. The normalized spacial score (nSPS) is 17.0. The molecule has 0 amide bonds. The van der Waals surface area contributed by atoms with E-state index in [0.29, 0.717) is 6.42 Å². The van der Waals surface area contributed by atoms with Gasteiger partial charge < -0.3 is 5.32 Å². The first-order valence-corrected chi connectivity index (χ1v) is 5.20. The molecular weight excluding hydrogens is 162 g/mol. The monoisotopic (exact) mass is 181 g/mol. The average molecular weight is 181 g/mol. The summed E-state index contributed by atoms with van der Waals surface area (Å²) in [6, 6.07) is 2.93. The highest BCUT2D eigenvalue weighted by atomic mass is 15.2. The third-order valence-corrected chi connectivity index (χ3v) is 2.52. The van der Waals surface area contributed by atoms with E-state index in [1.54, 1.807) is 0 Å². The number of nitriles is 1. The molecule has 1 aliphatic heterocycles. The average Bonchev–Trinajstić information content (AvgIpc) is 2.02. The lowest BCUT2D eigenvalue weighted by Crippen LogP contribution is -2.57. The summed E-state index contributed by atoms with van der Waals surface area (Å²) in [5, 5.41) is 11.7. The van der Waals surface area contributed by atoms with E-state index in [1.165, 1.54) is 13.0 Å². The Bertz CT molecular complexity index is 169. The molecule has 1 heterocycles. The van der Waals surface area contributed by atoms with E-state index in [1.807, 2.05) is 0 Å². The summed E-state index contributed by atoms with van der Waals surface area (Å²) < 4.78 is 0. The fourth-order valence-corrected chi connectivity index (χ4v) is 1.66. The summed E-state index contributed by atoms with van der Waals surface area (Å²) in [7, 11) is 0. The molecule has 0 bridgehead atoms. The summed E-state index contributed by atoms with van der Waals surface area (Å²) in [5.74, 6) is 0. The van der Waals surface area contributed by atoms with Crippen LogP contribution in [-0.2, 0) is 0 Å². The molecule has 0 aromatic carbocycles. The zero-order chi connectivity index (χ0) is 9.52. The van der Waals surface area contributed by atoms with Gasteiger partial charge in [0.2, 0.25) is 0 Å². The Labute approximate surface area is 80.7 Å². The van der Waals surface area contributed by atoms with Crippen LogP contribution >= 0.6 is 0 Å². The summed E-state index contributed by atoms with van der Waals surface area (Å²) in [4.78, 5) is 2.51. The SMILES string of the molecule is CCCN(CCCC#N)C1CNC1. The number of hydrogen-bond acceptors (Lipinski definition) is 3. The van der Waals surface area contributed by atoms with Crippen LogP contribution in [0.2, 0.25) is 0 Å². The smallest absolute Gasteiger partial charge is 0.0622 e. The molecule has 1 saturated heterocycles. The fraction of sp³-hybridized carbons (Fsp3) is 0.900. The van der Waals surface area contributed by atoms with Gasteiger partial charge in [0.15, 0.2) is 0 Å². The van der Waals surface area contributed by atoms with E-state index in [2.05, 4.69) is 23.2 Å². The van der Waals surface area contributed by atoms with Gasteiger partial charge in [-0.15, -0.1) is 0 Å². The number of rotatable bonds is 6. The second-order valence-electron chi connectivity index (χ2n) is 3.61. The standard InChI is InChI=1S/C10H19N3/c1-2-6-13(7-4-3-5-11)10-8-12-9-10/h10,12H,2-4,6-9H2,1H3. The Balaban J connectivity index is 2.17. The molecule has 1 rings (SSSR count). The first-order valence-electron chi connectivity index (χ1n) is 5.20. The van der Waals surface area contributed by atoms with E-state index >= 15 is 0 Å². The first kappa shape index (κ1) is 10.5. The Morgan fingerprint density at radius 1 is 1.46 bits per heavy atom. The molecule has 0 aliphatic carbocycles. The van der Waals surface area contributed by atoms with Crippen molar-refractivity contribution in [3.63, 3.8) is 0 Å². The molecule has 0 spiro atoms. The fourth-order valence-electron chi connectivity index (χ4n) is 1.66. The van der Waals surface area contributed by atoms with Gasteiger partial charge in [-0.3, -0.25) is 4.90 Å². The summed E-state index contributed by atoms with van der Waals surface area (Å²) >= 11 is 0. The van der Waals surface area contributed by atoms with Gasteiger partial charge in [0, 0.05) is 25.6 Å². The maximum atomic E-state index is 8.44. The van der Waals surface area contributed by atoms with Crippen LogP contribution in [0, 0.1) is 11.3 Å². The minimum Gasteiger partial charge on any atom is -0.314 e. The van der Waals surface area contributed by atoms with E-state index in [0.717, 1.165) is 32.1 Å². The van der Waals surface area contributed by atoms with Gasteiger partial charge in [0.05, 0.1) is 6.07 Å². The summed E-state index contributed by atoms with van der Waals surface area (Å²) in [6.07, 6.45) is 2.93. The van der Waals surface area contributed by atoms with Gasteiger partial charge in [-0.25, -0.2) is 0 Å². The third-order valence-electron chi connectivity index (χ3n) is 2.52. The number of unbranched alkanes of at least 4 members (excludes halogenated alkanes) is 1. The van der Waals surface area contributed by atoms with Crippen LogP contribution in [-0.4, -0.2) is 37.1 Å². The predicted octanol–water partition coefficient (Wildman–Crippen LogP) is 0.974. The van der Waals surface area contributed by atoms with Crippen LogP contribution in [0.5, 0.6) is 0 Å². The lowest BCUT2D eigenvalue weighted by molar-refractivity contribution is 0.144. The Kier molecular flexibility index (Phi) is 4.81. The molecule has 0 aromatic heterocycles. The minimum atomic E-state index is 0.695. The molecular formula is C10H19N3. The van der Waals surface area contributed by atoms with Crippen molar-refractivity contribution >= 4 is 0 Å². The van der Waals surface area contributed by atoms with Crippen LogP contribution in [0.25, 0.3) is 0 Å². The summed E-state index contributed by atoms with van der Waals surface area (Å²) in [6.45, 7) is 6.74. The van der Waals surface area contributed by atoms with E-state index in [4.69, 9.17) is 5.26 Å². The lowest BCUT2D eigenvalue weighted by Gasteiger charge is -2.38. The molecule has 1 fully saturated rings. The van der Waals surface area contributed by atoms with Gasteiger partial charge in [0.1, 0.15) is 0 Å². The molecule has 0 aromatic rings. The van der Waals surface area contributed by atoms with E-state index in [-0.39, 0.29) is 0 Å². The maximum absolute atomic E-state index is 8.44. The van der Waals surface area contributed by atoms with Crippen LogP contribution in [0.4, 0.5) is 0 Å². The van der Waals surface area contributed by atoms with Gasteiger partial charge in [-0.05, 0) is 25.9 Å². The van der Waals surface area contributed by atoms with Crippen molar-refractivity contribution < 1.29 is 0 Å². The highest BCUT2D eigenvalue weighted by molar-refractivity contribution is 4.84. The molecule has 0 radical (unpaired) electrons. The zero-order valence-corrected chi connectivity index (χ0v) is 8.42. The Hall–Kier alpha value is -0.590. The largest absolute Gasteiger partial charge is 0.314 e. The maximum Gasteiger partial charge on any atom is 0.0622 e. The van der Waals surface area contributed by atoms with Gasteiger partial charge in [-0.1, -0.05) is 6.92 Å². The topological polar surface area (TPSA) is 39.1 Å². The van der Waals surface area contributed by atoms with Crippen LogP contribution < -0.4 is 5.32 Å². The highest BCUT2D eigenvalue weighted by Gasteiger charge is 2.22. The molecule has 1 aliphatic rings. The van der Waals surface area contributed by atoms with Crippen molar-refractivity contribution in [2.75, 3.05) is 26.2 Å². The molecule has 1 N–H and O–H groups in total. The van der Waals surface area contributed by atoms with Crippen molar-refractivity contribution in [3.8, 4) is 6.07 Å². The second-order valence-corrected chi connectivity index (χ2v) is 3.61. The minimum absolute atomic E-state index is 0.695. The Morgan fingerprint density at radius 2 is 2.23 bits per heavy atom. The molecule has 0 unspecified atom stereocenters. The molecule has 3 nitrogen and oxygen atoms in total. The van der Waals surface area contributed by atoms with Gasteiger partial charge in [0.25, 0.3) is 0 Å². The number of nitrogens with one attached hydrogen (secondary N) is 1. The molecule has 0 atom stereocenters. The lowest BCUT2D eigenvalue weighted by atomic mass is 10.1. The van der Waals surface area contributed by atoms with E-state index in [9.17, 15) is 0 Å². The summed E-state index contributed by atoms with van der Waals surface area (Å²) in [5.41, 5.74) is 0. The van der Waals surface area contributed by atoms with Crippen LogP contribution in [0.1, 0.15) is 26.2 Å². The van der Waals surface area contributed by atoms with Crippen LogP contribution in [0.15, 0.2) is 0 Å². The third kappa shape index (κ3) is 3.33. The van der Waals surface area contributed by atoms with Crippen molar-refractivity contribution in [1.29, 1.82) is 5.26 Å². The quantitative estimate of drug-likeness (QED) is 0.621. The second kappa shape index (κ2) is 5.95. The Morgan fingerprint density at radius 3 is 2.69 bits per heavy atom. The van der Waals surface area contributed by atoms with Crippen molar-refractivity contribution in [3.05, 3.63) is 0 Å². The van der Waals surface area contributed by atoms with Crippen molar-refractivity contribution in [1.82, 2.24) is 10.2 Å². The first-order chi connectivity index (χ1) is 6.38. The number of hydrogen-bond donors (Lipinski definition) is 1. The molecule has 3 heteroatoms. The molecule has 13 heavy (non-hydrogen) atoms. The molecule has 74 valence electrons. The van der Waals surface area contributed by atoms with Gasteiger partial charge >= 0.3 is 0 Å². The van der Waals surface area contributed by atoms with Crippen LogP contribution in [0.3, 0.4) is 0 Å². The van der Waals surface area contributed by atoms with Crippen molar-refractivity contribution in [2.45, 2.75) is 32.2 Å². The molecule has 0 saturated carbocycles. The zero-order valence-electron chi connectivity index (χ0n) is 8.42. The van der Waals surface area contributed by atoms with E-state index < -0.39 is 0 Å².